The second-order valence-corrected chi connectivity index (χ2v) is 5.39. The highest BCUT2D eigenvalue weighted by molar-refractivity contribution is 6.20. The molecular formula is C14H19ClN2O2. The van der Waals surface area contributed by atoms with Crippen molar-refractivity contribution in [3.05, 3.63) is 23.9 Å². The van der Waals surface area contributed by atoms with Gasteiger partial charge in [-0.05, 0) is 30.9 Å². The van der Waals surface area contributed by atoms with E-state index in [2.05, 4.69) is 10.3 Å². The summed E-state index contributed by atoms with van der Waals surface area (Å²) in [7, 11) is 1.51. The Morgan fingerprint density at radius 3 is 3.05 bits per heavy atom. The quantitative estimate of drug-likeness (QED) is 0.864. The molecule has 1 saturated carbocycles. The molecule has 104 valence electrons. The van der Waals surface area contributed by atoms with Crippen LogP contribution in [-0.2, 0) is 0 Å². The molecule has 2 atom stereocenters. The number of amides is 1. The summed E-state index contributed by atoms with van der Waals surface area (Å²) in [6, 6.07) is 3.43. The summed E-state index contributed by atoms with van der Waals surface area (Å²) in [5, 5.41) is 3.10. The lowest BCUT2D eigenvalue weighted by Crippen LogP contribution is -2.34. The zero-order valence-corrected chi connectivity index (χ0v) is 11.8. The van der Waals surface area contributed by atoms with Crippen LogP contribution in [0.5, 0.6) is 5.88 Å². The number of carbonyl (C=O) groups excluding carboxylic acids is 1. The standard InChI is InChI=1S/C14H19ClN2O2/c1-19-14-11(6-4-8-16-14)13(18)17-9-10-5-2-3-7-12(10)15/h4,6,8,10,12H,2-3,5,7,9H2,1H3,(H,17,18). The van der Waals surface area contributed by atoms with Gasteiger partial charge in [-0.2, -0.15) is 0 Å². The maximum absolute atomic E-state index is 12.1. The van der Waals surface area contributed by atoms with Gasteiger partial charge in [-0.25, -0.2) is 4.98 Å². The van der Waals surface area contributed by atoms with Crippen LogP contribution in [0.2, 0.25) is 0 Å². The van der Waals surface area contributed by atoms with E-state index in [1.54, 1.807) is 18.3 Å². The maximum Gasteiger partial charge on any atom is 0.256 e. The van der Waals surface area contributed by atoms with E-state index in [1.807, 2.05) is 0 Å². The fourth-order valence-corrected chi connectivity index (χ4v) is 2.81. The van der Waals surface area contributed by atoms with Crippen molar-refractivity contribution in [1.29, 1.82) is 0 Å². The molecule has 19 heavy (non-hydrogen) atoms. The number of hydrogen-bond acceptors (Lipinski definition) is 3. The number of nitrogens with one attached hydrogen (secondary N) is 1. The Morgan fingerprint density at radius 1 is 1.53 bits per heavy atom. The fraction of sp³-hybridized carbons (Fsp3) is 0.571. The van der Waals surface area contributed by atoms with E-state index in [1.165, 1.54) is 20.0 Å². The van der Waals surface area contributed by atoms with Crippen LogP contribution < -0.4 is 10.1 Å². The SMILES string of the molecule is COc1ncccc1C(=O)NCC1CCCCC1Cl. The molecule has 1 aromatic rings. The Labute approximate surface area is 118 Å². The molecule has 1 aromatic heterocycles. The minimum absolute atomic E-state index is 0.153. The van der Waals surface area contributed by atoms with Gasteiger partial charge in [0, 0.05) is 18.1 Å². The summed E-state index contributed by atoms with van der Waals surface area (Å²) >= 11 is 6.28. The van der Waals surface area contributed by atoms with Gasteiger partial charge in [0.15, 0.2) is 0 Å². The van der Waals surface area contributed by atoms with Crippen molar-refractivity contribution in [2.75, 3.05) is 13.7 Å². The van der Waals surface area contributed by atoms with Gasteiger partial charge in [0.2, 0.25) is 5.88 Å². The zero-order valence-electron chi connectivity index (χ0n) is 11.1. The van der Waals surface area contributed by atoms with Gasteiger partial charge in [0.05, 0.1) is 7.11 Å². The summed E-state index contributed by atoms with van der Waals surface area (Å²) < 4.78 is 5.08. The minimum Gasteiger partial charge on any atom is -0.480 e. The molecular weight excluding hydrogens is 264 g/mol. The highest BCUT2D eigenvalue weighted by atomic mass is 35.5. The van der Waals surface area contributed by atoms with E-state index in [9.17, 15) is 4.79 Å². The van der Waals surface area contributed by atoms with Crippen LogP contribution >= 0.6 is 11.6 Å². The predicted octanol–water partition coefficient (Wildman–Crippen LogP) is 2.62. The Kier molecular flexibility index (Phi) is 5.02. The third-order valence-corrected chi connectivity index (χ3v) is 4.12. The minimum atomic E-state index is -0.153. The number of rotatable bonds is 4. The molecule has 4 nitrogen and oxygen atoms in total. The van der Waals surface area contributed by atoms with Crippen molar-refractivity contribution in [3.63, 3.8) is 0 Å². The lowest BCUT2D eigenvalue weighted by Gasteiger charge is -2.27. The third-order valence-electron chi connectivity index (χ3n) is 3.55. The zero-order chi connectivity index (χ0) is 13.7. The number of ether oxygens (including phenoxy) is 1. The van der Waals surface area contributed by atoms with Gasteiger partial charge in [-0.3, -0.25) is 4.79 Å². The number of hydrogen-bond donors (Lipinski definition) is 1. The third kappa shape index (κ3) is 3.60. The first-order valence-corrected chi connectivity index (χ1v) is 7.07. The summed E-state index contributed by atoms with van der Waals surface area (Å²) in [5.41, 5.74) is 0.465. The Morgan fingerprint density at radius 2 is 2.32 bits per heavy atom. The molecule has 1 N–H and O–H groups in total. The highest BCUT2D eigenvalue weighted by Gasteiger charge is 2.24. The second-order valence-electron chi connectivity index (χ2n) is 4.83. The lowest BCUT2D eigenvalue weighted by atomic mass is 9.88. The van der Waals surface area contributed by atoms with Crippen LogP contribution in [0.15, 0.2) is 18.3 Å². The molecule has 1 heterocycles. The molecule has 0 bridgehead atoms. The van der Waals surface area contributed by atoms with Gasteiger partial charge in [0.25, 0.3) is 5.91 Å². The number of alkyl halides is 1. The first-order valence-electron chi connectivity index (χ1n) is 6.63. The van der Waals surface area contributed by atoms with Gasteiger partial charge in [0.1, 0.15) is 5.56 Å². The van der Waals surface area contributed by atoms with E-state index in [-0.39, 0.29) is 11.3 Å². The molecule has 0 aliphatic heterocycles. The number of pyridine rings is 1. The predicted molar refractivity (Wildman–Crippen MR) is 74.7 cm³/mol. The number of nitrogens with zero attached hydrogens (tertiary/aromatic N) is 1. The summed E-state index contributed by atoms with van der Waals surface area (Å²) in [6.45, 7) is 0.616. The smallest absolute Gasteiger partial charge is 0.256 e. The number of aromatic nitrogens is 1. The average Bonchev–Trinajstić information content (AvgIpc) is 2.46. The Hall–Kier alpha value is -1.29. The number of carbonyl (C=O) groups is 1. The fourth-order valence-electron chi connectivity index (χ4n) is 2.44. The number of halogens is 1. The highest BCUT2D eigenvalue weighted by Crippen LogP contribution is 2.28. The molecule has 1 fully saturated rings. The van der Waals surface area contributed by atoms with Crippen LogP contribution in [-0.4, -0.2) is 29.9 Å². The van der Waals surface area contributed by atoms with Crippen LogP contribution in [0.25, 0.3) is 0 Å². The summed E-state index contributed by atoms with van der Waals surface area (Å²) in [6.07, 6.45) is 6.11. The summed E-state index contributed by atoms with van der Waals surface area (Å²) in [5.74, 6) is 0.562. The van der Waals surface area contributed by atoms with E-state index < -0.39 is 0 Å². The van der Waals surface area contributed by atoms with Gasteiger partial charge < -0.3 is 10.1 Å². The normalized spacial score (nSPS) is 22.8. The molecule has 1 aliphatic carbocycles. The van der Waals surface area contributed by atoms with E-state index >= 15 is 0 Å². The first kappa shape index (κ1) is 14.1. The molecule has 1 amide bonds. The molecule has 0 aromatic carbocycles. The van der Waals surface area contributed by atoms with E-state index in [0.29, 0.717) is 23.9 Å². The second kappa shape index (κ2) is 6.75. The Bertz CT molecular complexity index is 439. The van der Waals surface area contributed by atoms with Crippen molar-refractivity contribution in [2.45, 2.75) is 31.1 Å². The van der Waals surface area contributed by atoms with Crippen LogP contribution in [0.4, 0.5) is 0 Å². The largest absolute Gasteiger partial charge is 0.480 e. The van der Waals surface area contributed by atoms with Crippen molar-refractivity contribution >= 4 is 17.5 Å². The molecule has 2 rings (SSSR count). The molecule has 0 saturated heterocycles. The van der Waals surface area contributed by atoms with E-state index in [0.717, 1.165) is 12.8 Å². The molecule has 1 aliphatic rings. The van der Waals surface area contributed by atoms with E-state index in [4.69, 9.17) is 16.3 Å². The summed E-state index contributed by atoms with van der Waals surface area (Å²) in [4.78, 5) is 16.1. The number of methoxy groups -OCH3 is 1. The molecule has 5 heteroatoms. The Balaban J connectivity index is 1.93. The van der Waals surface area contributed by atoms with Gasteiger partial charge in [-0.15, -0.1) is 11.6 Å². The average molecular weight is 283 g/mol. The lowest BCUT2D eigenvalue weighted by molar-refractivity contribution is 0.0940. The van der Waals surface area contributed by atoms with Crippen LogP contribution in [0, 0.1) is 5.92 Å². The molecule has 0 radical (unpaired) electrons. The molecule has 2 unspecified atom stereocenters. The van der Waals surface area contributed by atoms with Crippen LogP contribution in [0.1, 0.15) is 36.0 Å². The van der Waals surface area contributed by atoms with Crippen molar-refractivity contribution in [1.82, 2.24) is 10.3 Å². The van der Waals surface area contributed by atoms with Gasteiger partial charge in [-0.1, -0.05) is 12.8 Å². The topological polar surface area (TPSA) is 51.2 Å². The van der Waals surface area contributed by atoms with Crippen molar-refractivity contribution in [2.24, 2.45) is 5.92 Å². The van der Waals surface area contributed by atoms with Crippen molar-refractivity contribution < 1.29 is 9.53 Å². The van der Waals surface area contributed by atoms with Crippen molar-refractivity contribution in [3.8, 4) is 5.88 Å². The van der Waals surface area contributed by atoms with Gasteiger partial charge >= 0.3 is 0 Å². The first-order chi connectivity index (χ1) is 9.22. The molecule has 0 spiro atoms. The maximum atomic E-state index is 12.1. The van der Waals surface area contributed by atoms with Crippen LogP contribution in [0.3, 0.4) is 0 Å². The monoisotopic (exact) mass is 282 g/mol.